The molecule has 2 heterocycles. The Bertz CT molecular complexity index is 2460. The molecule has 0 radical (unpaired) electrons. The molecule has 0 aliphatic carbocycles. The third-order valence-electron chi connectivity index (χ3n) is 6.90. The maximum absolute atomic E-state index is 8.69. The third-order valence-corrected chi connectivity index (χ3v) is 6.90. The molecule has 0 N–H and O–H groups in total. The van der Waals surface area contributed by atoms with Crippen LogP contribution in [0, 0.1) is 0 Å². The molecule has 0 atom stereocenters. The van der Waals surface area contributed by atoms with Crippen LogP contribution in [0.5, 0.6) is 0 Å². The number of rotatable bonds is 3. The third kappa shape index (κ3) is 3.07. The largest absolute Gasteiger partial charge is 0.309 e. The second kappa shape index (κ2) is 8.22. The molecule has 2 heteroatoms. The van der Waals surface area contributed by atoms with Gasteiger partial charge in [0.1, 0.15) is 0 Å². The summed E-state index contributed by atoms with van der Waals surface area (Å²) in [5, 5.41) is 1.04. The van der Waals surface area contributed by atoms with Crippen molar-refractivity contribution in [2.45, 2.75) is 0 Å². The summed E-state index contributed by atoms with van der Waals surface area (Å²) >= 11 is 0. The maximum Gasteiger partial charge on any atom is 0.0630 e. The fraction of sp³-hybridized carbons (Fsp3) is 0. The van der Waals surface area contributed by atoms with Gasteiger partial charge >= 0.3 is 0 Å². The molecule has 0 aliphatic rings. The first-order valence-electron chi connectivity index (χ1n) is 18.0. The summed E-state index contributed by atoms with van der Waals surface area (Å²) in [6, 6.07) is 17.9. The molecule has 2 nitrogen and oxygen atoms in total. The van der Waals surface area contributed by atoms with Gasteiger partial charge in [0.25, 0.3) is 0 Å². The molecular weight excluding hydrogens is 460 g/mol. The lowest BCUT2D eigenvalue weighted by Crippen LogP contribution is -1.95. The summed E-state index contributed by atoms with van der Waals surface area (Å²) in [4.78, 5) is 0. The predicted molar refractivity (Wildman–Crippen MR) is 161 cm³/mol. The van der Waals surface area contributed by atoms with Crippen LogP contribution in [0.2, 0.25) is 0 Å². The highest BCUT2D eigenvalue weighted by atomic mass is 15.0. The fourth-order valence-electron chi connectivity index (χ4n) is 5.29. The Hall–Kier alpha value is -5.08. The molecule has 0 unspecified atom stereocenters. The Morgan fingerprint density at radius 3 is 1.08 bits per heavy atom. The Morgan fingerprint density at radius 1 is 0.395 bits per heavy atom. The van der Waals surface area contributed by atoms with E-state index in [9.17, 15) is 0 Å². The van der Waals surface area contributed by atoms with Crippen LogP contribution in [0.4, 0.5) is 0 Å². The van der Waals surface area contributed by atoms with Crippen LogP contribution in [-0.4, -0.2) is 9.13 Å². The van der Waals surface area contributed by atoms with Gasteiger partial charge in [-0.25, -0.2) is 0 Å². The van der Waals surface area contributed by atoms with Gasteiger partial charge in [-0.15, -0.1) is 0 Å². The van der Waals surface area contributed by atoms with Crippen molar-refractivity contribution >= 4 is 43.6 Å². The molecule has 6 aromatic carbocycles. The van der Waals surface area contributed by atoms with Crippen molar-refractivity contribution in [3.05, 3.63) is 145 Å². The molecule has 0 saturated heterocycles. The van der Waals surface area contributed by atoms with E-state index >= 15 is 0 Å². The van der Waals surface area contributed by atoms with Gasteiger partial charge in [-0.3, -0.25) is 0 Å². The van der Waals surface area contributed by atoms with Gasteiger partial charge in [-0.1, -0.05) is 96.8 Å². The molecule has 0 spiro atoms. The van der Waals surface area contributed by atoms with Crippen LogP contribution in [-0.2, 0) is 0 Å². The first kappa shape index (κ1) is 12.4. The minimum Gasteiger partial charge on any atom is -0.309 e. The smallest absolute Gasteiger partial charge is 0.0630 e. The number of para-hydroxylation sites is 4. The minimum atomic E-state index is -0.295. The van der Waals surface area contributed by atoms with Crippen molar-refractivity contribution in [3.8, 4) is 22.5 Å². The number of aromatic nitrogens is 2. The van der Waals surface area contributed by atoms with Gasteiger partial charge in [0, 0.05) is 32.9 Å². The summed E-state index contributed by atoms with van der Waals surface area (Å²) < 4.78 is 105. The molecule has 38 heavy (non-hydrogen) atoms. The van der Waals surface area contributed by atoms with Crippen LogP contribution < -0.4 is 0 Å². The van der Waals surface area contributed by atoms with E-state index in [1.54, 1.807) is 9.13 Å². The highest BCUT2D eigenvalue weighted by molar-refractivity contribution is 6.10. The zero-order valence-corrected chi connectivity index (χ0v) is 19.8. The van der Waals surface area contributed by atoms with Crippen molar-refractivity contribution < 1.29 is 16.4 Å². The summed E-state index contributed by atoms with van der Waals surface area (Å²) in [5.74, 6) is 0. The molecule has 8 rings (SSSR count). The standard InChI is InChI=1S/C36H24N2/c1-5-19-33-29(15-1)30-16-2-6-20-34(30)37(33)27-13-9-11-25(23-27)26-12-10-14-28(24-26)38-35-21-7-3-17-31(35)32-18-4-8-22-36(32)38/h1-24H/i1D,2D,3D,4D,5D,6D,7D,8D,15D,16D,17D,18D. The van der Waals surface area contributed by atoms with Crippen LogP contribution >= 0.6 is 0 Å². The number of nitrogens with zero attached hydrogens (tertiary/aromatic N) is 2. The van der Waals surface area contributed by atoms with Crippen LogP contribution in [0.3, 0.4) is 0 Å². The molecular formula is C36H24N2. The van der Waals surface area contributed by atoms with E-state index in [1.165, 1.54) is 24.3 Å². The molecule has 8 aromatic rings. The van der Waals surface area contributed by atoms with Gasteiger partial charge in [0.2, 0.25) is 0 Å². The minimum absolute atomic E-state index is 0.168. The highest BCUT2D eigenvalue weighted by Crippen LogP contribution is 2.35. The van der Waals surface area contributed by atoms with Gasteiger partial charge in [-0.05, 0) is 59.7 Å². The van der Waals surface area contributed by atoms with Crippen molar-refractivity contribution in [1.29, 1.82) is 0 Å². The number of hydrogen-bond acceptors (Lipinski definition) is 0. The topological polar surface area (TPSA) is 9.86 Å². The number of fused-ring (bicyclic) bond motifs is 6. The van der Waals surface area contributed by atoms with Gasteiger partial charge in [0.15, 0.2) is 0 Å². The first-order chi connectivity index (χ1) is 23.8. The summed E-state index contributed by atoms with van der Waals surface area (Å²) in [6.07, 6.45) is 0. The van der Waals surface area contributed by atoms with Crippen molar-refractivity contribution in [1.82, 2.24) is 9.13 Å². The van der Waals surface area contributed by atoms with E-state index in [1.807, 2.05) is 48.5 Å². The monoisotopic (exact) mass is 496 g/mol. The summed E-state index contributed by atoms with van der Waals surface area (Å²) in [5.41, 5.74) is 4.29. The Morgan fingerprint density at radius 2 is 0.737 bits per heavy atom. The van der Waals surface area contributed by atoms with Crippen molar-refractivity contribution in [2.24, 2.45) is 0 Å². The number of hydrogen-bond donors (Lipinski definition) is 0. The van der Waals surface area contributed by atoms with E-state index < -0.39 is 0 Å². The summed E-state index contributed by atoms with van der Waals surface area (Å²) in [6.45, 7) is 0. The second-order valence-corrected chi connectivity index (χ2v) is 8.97. The highest BCUT2D eigenvalue weighted by Gasteiger charge is 2.14. The molecule has 0 amide bonds. The average Bonchev–Trinajstić information content (AvgIpc) is 3.60. The normalized spacial score (nSPS) is 16.1. The zero-order valence-electron chi connectivity index (χ0n) is 31.8. The molecule has 0 fully saturated rings. The lowest BCUT2D eigenvalue weighted by molar-refractivity contribution is 1.17. The first-order valence-corrected chi connectivity index (χ1v) is 12.0. The Labute approximate surface area is 237 Å². The Balaban J connectivity index is 1.38. The lowest BCUT2D eigenvalue weighted by atomic mass is 10.0. The molecule has 0 aliphatic heterocycles. The second-order valence-electron chi connectivity index (χ2n) is 8.97. The van der Waals surface area contributed by atoms with Crippen LogP contribution in [0.25, 0.3) is 66.1 Å². The van der Waals surface area contributed by atoms with Crippen molar-refractivity contribution in [2.75, 3.05) is 0 Å². The van der Waals surface area contributed by atoms with E-state index in [4.69, 9.17) is 16.4 Å². The fourth-order valence-corrected chi connectivity index (χ4v) is 5.29. The predicted octanol–water partition coefficient (Wildman–Crippen LogP) is 9.55. The van der Waals surface area contributed by atoms with Gasteiger partial charge < -0.3 is 9.13 Å². The van der Waals surface area contributed by atoms with E-state index in [0.29, 0.717) is 33.4 Å². The van der Waals surface area contributed by atoms with Crippen LogP contribution in [0.15, 0.2) is 145 Å². The lowest BCUT2D eigenvalue weighted by Gasteiger charge is -2.12. The quantitative estimate of drug-likeness (QED) is 0.230. The average molecular weight is 497 g/mol. The molecule has 0 saturated carbocycles. The van der Waals surface area contributed by atoms with E-state index in [-0.39, 0.29) is 94.1 Å². The van der Waals surface area contributed by atoms with E-state index in [2.05, 4.69) is 0 Å². The zero-order chi connectivity index (χ0) is 35.5. The summed E-state index contributed by atoms with van der Waals surface area (Å²) in [7, 11) is 0. The maximum atomic E-state index is 8.69. The SMILES string of the molecule is [2H]c1cc2c(c([2H])c1[2H])c1c([2H])c([2H])c([2H])cc1n2-c1cccc(-c2cccc(-n3c4cc([2H])c([2H])c([2H])c4c4c([2H])c([2H])c([2H])cc43)c2)c1. The van der Waals surface area contributed by atoms with Gasteiger partial charge in [-0.2, -0.15) is 0 Å². The van der Waals surface area contributed by atoms with E-state index in [0.717, 1.165) is 11.1 Å². The number of benzene rings is 6. The molecule has 178 valence electrons. The molecule has 0 bridgehead atoms. The van der Waals surface area contributed by atoms with Crippen molar-refractivity contribution in [3.63, 3.8) is 0 Å². The Kier molecular flexibility index (Phi) is 2.69. The van der Waals surface area contributed by atoms with Crippen LogP contribution in [0.1, 0.15) is 16.4 Å². The van der Waals surface area contributed by atoms with Gasteiger partial charge in [0.05, 0.1) is 38.5 Å². The molecule has 2 aromatic heterocycles.